The van der Waals surface area contributed by atoms with Crippen LogP contribution < -0.4 is 4.74 Å². The maximum Gasteiger partial charge on any atom is 0.409 e. The third-order valence-corrected chi connectivity index (χ3v) is 8.20. The van der Waals surface area contributed by atoms with E-state index < -0.39 is 11.7 Å². The smallest absolute Gasteiger partial charge is 0.409 e. The molecule has 0 atom stereocenters. The van der Waals surface area contributed by atoms with E-state index in [-0.39, 0.29) is 18.4 Å². The van der Waals surface area contributed by atoms with Gasteiger partial charge in [0.1, 0.15) is 12.4 Å². The maximum absolute atomic E-state index is 13.2. The second-order valence-corrected chi connectivity index (χ2v) is 10.4. The second kappa shape index (κ2) is 14.5. The zero-order chi connectivity index (χ0) is 27.5. The van der Waals surface area contributed by atoms with Gasteiger partial charge in [-0.25, -0.2) is 4.79 Å². The number of likely N-dealkylation sites (N-methyl/N-ethyl adjacent to an activating group) is 2. The van der Waals surface area contributed by atoms with E-state index in [1.54, 1.807) is 18.1 Å². The largest absolute Gasteiger partial charge is 0.492 e. The molecule has 0 bridgehead atoms. The highest BCUT2D eigenvalue weighted by atomic mass is 16.5. The second-order valence-electron chi connectivity index (χ2n) is 10.4. The van der Waals surface area contributed by atoms with Crippen LogP contribution in [-0.4, -0.2) is 100 Å². The number of methoxy groups -OCH3 is 2. The molecule has 0 unspecified atom stereocenters. The van der Waals surface area contributed by atoms with Crippen molar-refractivity contribution in [2.24, 2.45) is 5.92 Å². The van der Waals surface area contributed by atoms with Gasteiger partial charge in [0.2, 0.25) is 5.91 Å². The van der Waals surface area contributed by atoms with Gasteiger partial charge in [-0.05, 0) is 76.2 Å². The van der Waals surface area contributed by atoms with Crippen molar-refractivity contribution in [3.8, 4) is 5.75 Å². The molecule has 212 valence electrons. The van der Waals surface area contributed by atoms with E-state index >= 15 is 0 Å². The number of carbonyl (C=O) groups is 3. The minimum Gasteiger partial charge on any atom is -0.492 e. The molecule has 2 fully saturated rings. The Labute approximate surface area is 227 Å². The highest BCUT2D eigenvalue weighted by Crippen LogP contribution is 2.44. The van der Waals surface area contributed by atoms with Gasteiger partial charge in [0.25, 0.3) is 0 Å². The van der Waals surface area contributed by atoms with E-state index in [9.17, 15) is 14.4 Å². The first kappa shape index (κ1) is 29.9. The lowest BCUT2D eigenvalue weighted by atomic mass is 9.73. The quantitative estimate of drug-likeness (QED) is 0.378. The molecule has 0 spiro atoms. The number of nitrogens with zero attached hydrogens (tertiary/aromatic N) is 3. The molecule has 0 aromatic heterocycles. The highest BCUT2D eigenvalue weighted by molar-refractivity contribution is 5.80. The van der Waals surface area contributed by atoms with Crippen LogP contribution in [-0.2, 0) is 19.9 Å². The Kier molecular flexibility index (Phi) is 11.4. The normalized spacial score (nSPS) is 21.9. The summed E-state index contributed by atoms with van der Waals surface area (Å²) in [6, 6.07) is 5.46. The number of hydrogen-bond donors (Lipinski definition) is 0. The molecule has 0 radical (unpaired) electrons. The molecule has 38 heavy (non-hydrogen) atoms. The van der Waals surface area contributed by atoms with Crippen molar-refractivity contribution in [2.45, 2.75) is 57.5 Å². The summed E-state index contributed by atoms with van der Waals surface area (Å²) in [6.45, 7) is 7.02. The molecule has 1 saturated carbocycles. The molecule has 3 rings (SSSR count). The summed E-state index contributed by atoms with van der Waals surface area (Å²) < 4.78 is 16.6. The average Bonchev–Trinajstić information content (AvgIpc) is 2.97. The number of rotatable bonds is 12. The van der Waals surface area contributed by atoms with Crippen LogP contribution in [0.1, 0.15) is 67.8 Å². The van der Waals surface area contributed by atoms with Crippen molar-refractivity contribution >= 4 is 18.3 Å². The SMILES string of the molecule is CCN(CCOc1ccc(C2(OC)CCC(C(=O)N(C)CCN3CCCCC3)CC2)c(C=O)c1)C(=O)OC. The number of carbonyl (C=O) groups excluding carboxylic acids is 3. The molecule has 1 aliphatic heterocycles. The number of aldehydes is 1. The molecule has 9 heteroatoms. The van der Waals surface area contributed by atoms with Crippen molar-refractivity contribution in [3.63, 3.8) is 0 Å². The summed E-state index contributed by atoms with van der Waals surface area (Å²) >= 11 is 0. The molecule has 1 aromatic rings. The third-order valence-electron chi connectivity index (χ3n) is 8.20. The molecule has 1 saturated heterocycles. The summed E-state index contributed by atoms with van der Waals surface area (Å²) in [5, 5.41) is 0. The van der Waals surface area contributed by atoms with E-state index in [1.807, 2.05) is 31.0 Å². The first-order valence-corrected chi connectivity index (χ1v) is 13.9. The van der Waals surface area contributed by atoms with E-state index in [1.165, 1.54) is 26.4 Å². The lowest BCUT2D eigenvalue weighted by Gasteiger charge is -2.40. The predicted molar refractivity (Wildman–Crippen MR) is 146 cm³/mol. The number of ether oxygens (including phenoxy) is 3. The van der Waals surface area contributed by atoms with Crippen molar-refractivity contribution in [2.75, 3.05) is 67.1 Å². The maximum atomic E-state index is 13.2. The molecule has 2 amide bonds. The van der Waals surface area contributed by atoms with Gasteiger partial charge in [-0.3, -0.25) is 9.59 Å². The highest BCUT2D eigenvalue weighted by Gasteiger charge is 2.41. The molecular formula is C29H45N3O6. The van der Waals surface area contributed by atoms with Crippen molar-refractivity contribution < 1.29 is 28.6 Å². The summed E-state index contributed by atoms with van der Waals surface area (Å²) in [5.74, 6) is 0.740. The van der Waals surface area contributed by atoms with Crippen molar-refractivity contribution in [1.82, 2.24) is 14.7 Å². The van der Waals surface area contributed by atoms with Crippen LogP contribution in [0, 0.1) is 5.92 Å². The molecular weight excluding hydrogens is 486 g/mol. The van der Waals surface area contributed by atoms with Gasteiger partial charge in [-0.1, -0.05) is 12.5 Å². The van der Waals surface area contributed by atoms with Gasteiger partial charge >= 0.3 is 6.09 Å². The van der Waals surface area contributed by atoms with Gasteiger partial charge in [0.05, 0.1) is 19.3 Å². The summed E-state index contributed by atoms with van der Waals surface area (Å²) in [4.78, 5) is 42.8. The van der Waals surface area contributed by atoms with E-state index in [4.69, 9.17) is 14.2 Å². The standard InChI is InChI=1S/C29H45N3O6/c1-5-32(28(35)36-3)19-20-38-25-9-10-26(24(21-25)22-33)29(37-4)13-11-23(12-14-29)27(34)30(2)17-18-31-15-7-6-8-16-31/h9-10,21-23H,5-8,11-20H2,1-4H3. The fraction of sp³-hybridized carbons (Fsp3) is 0.690. The van der Waals surface area contributed by atoms with Crippen LogP contribution >= 0.6 is 0 Å². The van der Waals surface area contributed by atoms with Crippen molar-refractivity contribution in [1.29, 1.82) is 0 Å². The van der Waals surface area contributed by atoms with Crippen LogP contribution in [0.4, 0.5) is 4.79 Å². The van der Waals surface area contributed by atoms with Crippen LogP contribution in [0.25, 0.3) is 0 Å². The van der Waals surface area contributed by atoms with Gasteiger partial charge in [0, 0.05) is 45.3 Å². The minimum atomic E-state index is -0.609. The lowest BCUT2D eigenvalue weighted by Crippen LogP contribution is -2.43. The minimum absolute atomic E-state index is 0.0248. The summed E-state index contributed by atoms with van der Waals surface area (Å²) in [5.41, 5.74) is 0.742. The van der Waals surface area contributed by atoms with Crippen LogP contribution in [0.15, 0.2) is 18.2 Å². The number of amides is 2. The van der Waals surface area contributed by atoms with E-state index in [0.29, 0.717) is 37.2 Å². The number of hydrogen-bond acceptors (Lipinski definition) is 7. The van der Waals surface area contributed by atoms with Gasteiger partial charge < -0.3 is 28.9 Å². The fourth-order valence-electron chi connectivity index (χ4n) is 5.74. The van der Waals surface area contributed by atoms with E-state index in [2.05, 4.69) is 4.90 Å². The Bertz CT molecular complexity index is 925. The lowest BCUT2D eigenvalue weighted by molar-refractivity contribution is -0.138. The van der Waals surface area contributed by atoms with Crippen molar-refractivity contribution in [3.05, 3.63) is 29.3 Å². The molecule has 9 nitrogen and oxygen atoms in total. The monoisotopic (exact) mass is 531 g/mol. The average molecular weight is 532 g/mol. The number of benzene rings is 1. The van der Waals surface area contributed by atoms with Crippen LogP contribution in [0.5, 0.6) is 5.75 Å². The Hall–Kier alpha value is -2.65. The predicted octanol–water partition coefficient (Wildman–Crippen LogP) is 3.94. The number of likely N-dealkylation sites (tertiary alicyclic amines) is 1. The molecule has 1 aromatic carbocycles. The zero-order valence-corrected chi connectivity index (χ0v) is 23.6. The Morgan fingerprint density at radius 3 is 2.42 bits per heavy atom. The molecule has 2 aliphatic rings. The Balaban J connectivity index is 1.58. The van der Waals surface area contributed by atoms with Crippen LogP contribution in [0.2, 0.25) is 0 Å². The Morgan fingerprint density at radius 1 is 1.11 bits per heavy atom. The van der Waals surface area contributed by atoms with Crippen LogP contribution in [0.3, 0.4) is 0 Å². The topological polar surface area (TPSA) is 88.6 Å². The van der Waals surface area contributed by atoms with Gasteiger partial charge in [0.15, 0.2) is 6.29 Å². The van der Waals surface area contributed by atoms with Gasteiger partial charge in [-0.15, -0.1) is 0 Å². The van der Waals surface area contributed by atoms with Gasteiger partial charge in [-0.2, -0.15) is 0 Å². The van der Waals surface area contributed by atoms with E-state index in [0.717, 1.165) is 50.9 Å². The first-order chi connectivity index (χ1) is 18.4. The molecule has 1 heterocycles. The summed E-state index contributed by atoms with van der Waals surface area (Å²) in [7, 11) is 4.95. The third kappa shape index (κ3) is 7.47. The molecule has 0 N–H and O–H groups in total. The zero-order valence-electron chi connectivity index (χ0n) is 23.6. The first-order valence-electron chi connectivity index (χ1n) is 13.9. The fourth-order valence-corrected chi connectivity index (χ4v) is 5.74. The summed E-state index contributed by atoms with van der Waals surface area (Å²) in [6.07, 6.45) is 7.03. The molecule has 1 aliphatic carbocycles. The Morgan fingerprint density at radius 2 is 1.82 bits per heavy atom. The number of piperidine rings is 1.